The van der Waals surface area contributed by atoms with E-state index in [1.807, 2.05) is 42.5 Å². The van der Waals surface area contributed by atoms with Crippen molar-refractivity contribution < 1.29 is 4.74 Å². The van der Waals surface area contributed by atoms with Gasteiger partial charge in [0.15, 0.2) is 0 Å². The first-order valence-electron chi connectivity index (χ1n) is 11.0. The van der Waals surface area contributed by atoms with Gasteiger partial charge in [-0.25, -0.2) is 4.98 Å². The third kappa shape index (κ3) is 6.41. The quantitative estimate of drug-likeness (QED) is 0.138. The minimum Gasteiger partial charge on any atom is -0.487 e. The third-order valence-corrected chi connectivity index (χ3v) is 8.94. The molecule has 0 aliphatic heterocycles. The van der Waals surface area contributed by atoms with Crippen molar-refractivity contribution in [3.8, 4) is 5.75 Å². The fourth-order valence-corrected chi connectivity index (χ4v) is 7.13. The van der Waals surface area contributed by atoms with Crippen LogP contribution >= 0.6 is 93.0 Å². The van der Waals surface area contributed by atoms with Crippen LogP contribution in [0, 0.1) is 7.14 Å². The van der Waals surface area contributed by atoms with Gasteiger partial charge in [-0.05, 0) is 99.6 Å². The molecule has 0 unspecified atom stereocenters. The van der Waals surface area contributed by atoms with Crippen molar-refractivity contribution in [2.75, 3.05) is 0 Å². The van der Waals surface area contributed by atoms with Crippen LogP contribution in [0.5, 0.6) is 5.75 Å². The van der Waals surface area contributed by atoms with E-state index in [1.54, 1.807) is 12.3 Å². The first-order valence-corrected chi connectivity index (χ1v) is 15.5. The van der Waals surface area contributed by atoms with Crippen LogP contribution in [-0.4, -0.2) is 15.9 Å². The van der Waals surface area contributed by atoms with Crippen LogP contribution < -0.4 is 10.3 Å². The van der Waals surface area contributed by atoms with Gasteiger partial charge in [-0.1, -0.05) is 67.7 Å². The highest BCUT2D eigenvalue weighted by Crippen LogP contribution is 2.31. The van der Waals surface area contributed by atoms with Gasteiger partial charge in [0.05, 0.1) is 24.3 Å². The lowest BCUT2D eigenvalue weighted by Crippen LogP contribution is -2.23. The molecule has 0 spiro atoms. The molecule has 0 amide bonds. The van der Waals surface area contributed by atoms with Crippen molar-refractivity contribution in [2.24, 2.45) is 5.10 Å². The molecule has 10 heteroatoms. The molecule has 5 nitrogen and oxygen atoms in total. The molecule has 0 radical (unpaired) electrons. The predicted molar refractivity (Wildman–Crippen MR) is 173 cm³/mol. The van der Waals surface area contributed by atoms with Gasteiger partial charge in [0.2, 0.25) is 0 Å². The molecule has 0 aliphatic carbocycles. The number of nitrogens with zero attached hydrogens (tertiary/aromatic N) is 3. The monoisotopic (exact) mass is 897 g/mol. The van der Waals surface area contributed by atoms with Crippen LogP contribution in [0.1, 0.15) is 43.1 Å². The standard InChI is InChI=1S/C26H20Br3I2N3O2/c1-3-14(2)25-33-23-7-6-17(27)10-19(23)26(35)34(25)32-12-15-8-21(30)24(22(31)9-15)36-13-16-4-5-18(28)11-20(16)29/h4-12,14H,3,13H2,1-2H3/t14-/m1/s1. The molecule has 0 bridgehead atoms. The number of ether oxygens (including phenoxy) is 1. The van der Waals surface area contributed by atoms with Crippen LogP contribution in [0.15, 0.2) is 71.8 Å². The first kappa shape index (κ1) is 28.2. The van der Waals surface area contributed by atoms with Gasteiger partial charge in [-0.15, -0.1) is 0 Å². The summed E-state index contributed by atoms with van der Waals surface area (Å²) in [5.41, 5.74) is 2.42. The predicted octanol–water partition coefficient (Wildman–Crippen LogP) is 8.87. The lowest BCUT2D eigenvalue weighted by atomic mass is 10.1. The van der Waals surface area contributed by atoms with E-state index >= 15 is 0 Å². The molecule has 1 heterocycles. The van der Waals surface area contributed by atoms with E-state index in [0.717, 1.165) is 43.9 Å². The number of aromatic nitrogens is 2. The second kappa shape index (κ2) is 12.4. The second-order valence-electron chi connectivity index (χ2n) is 8.14. The summed E-state index contributed by atoms with van der Waals surface area (Å²) in [4.78, 5) is 18.1. The Balaban J connectivity index is 1.66. The van der Waals surface area contributed by atoms with Gasteiger partial charge >= 0.3 is 0 Å². The minimum absolute atomic E-state index is 0.0804. The smallest absolute Gasteiger partial charge is 0.282 e. The number of rotatable bonds is 7. The maximum Gasteiger partial charge on any atom is 0.282 e. The Labute approximate surface area is 261 Å². The van der Waals surface area contributed by atoms with Crippen molar-refractivity contribution in [2.45, 2.75) is 32.8 Å². The summed E-state index contributed by atoms with van der Waals surface area (Å²) in [5.74, 6) is 1.55. The second-order valence-corrected chi connectivity index (χ2v) is 13.2. The first-order chi connectivity index (χ1) is 17.2. The largest absolute Gasteiger partial charge is 0.487 e. The highest BCUT2D eigenvalue weighted by molar-refractivity contribution is 14.1. The maximum atomic E-state index is 13.4. The highest BCUT2D eigenvalue weighted by atomic mass is 127. The van der Waals surface area contributed by atoms with Gasteiger partial charge in [-0.3, -0.25) is 4.79 Å². The van der Waals surface area contributed by atoms with E-state index in [1.165, 1.54) is 4.68 Å². The van der Waals surface area contributed by atoms with Crippen molar-refractivity contribution in [1.82, 2.24) is 9.66 Å². The number of benzene rings is 3. The molecule has 1 atom stereocenters. The molecule has 186 valence electrons. The normalized spacial score (nSPS) is 12.4. The molecule has 0 saturated carbocycles. The van der Waals surface area contributed by atoms with Crippen LogP contribution in [0.2, 0.25) is 0 Å². The van der Waals surface area contributed by atoms with Crippen molar-refractivity contribution >= 4 is 110 Å². The number of halogens is 5. The summed E-state index contributed by atoms with van der Waals surface area (Å²) in [5, 5.41) is 5.12. The molecular weight excluding hydrogens is 880 g/mol. The Bertz CT molecular complexity index is 1520. The van der Waals surface area contributed by atoms with E-state index in [9.17, 15) is 4.79 Å². The van der Waals surface area contributed by atoms with E-state index in [4.69, 9.17) is 9.72 Å². The summed E-state index contributed by atoms with van der Waals surface area (Å²) in [6.45, 7) is 4.58. The topological polar surface area (TPSA) is 56.5 Å². The summed E-state index contributed by atoms with van der Waals surface area (Å²) in [7, 11) is 0. The minimum atomic E-state index is -0.183. The zero-order valence-electron chi connectivity index (χ0n) is 19.2. The Morgan fingerprint density at radius 2 is 1.72 bits per heavy atom. The average Bonchev–Trinajstić information content (AvgIpc) is 2.83. The third-order valence-electron chi connectivity index (χ3n) is 5.62. The molecular formula is C26H20Br3I2N3O2. The molecule has 0 aliphatic rings. The molecule has 0 fully saturated rings. The lowest BCUT2D eigenvalue weighted by molar-refractivity contribution is 0.301. The zero-order chi connectivity index (χ0) is 26.0. The Kier molecular flexibility index (Phi) is 9.67. The van der Waals surface area contributed by atoms with E-state index in [2.05, 4.69) is 112 Å². The molecule has 0 N–H and O–H groups in total. The van der Waals surface area contributed by atoms with Gasteiger partial charge in [0.1, 0.15) is 18.2 Å². The van der Waals surface area contributed by atoms with Crippen LogP contribution in [0.4, 0.5) is 0 Å². The summed E-state index contributed by atoms with van der Waals surface area (Å²) < 4.78 is 12.3. The maximum absolute atomic E-state index is 13.4. The molecule has 0 saturated heterocycles. The van der Waals surface area contributed by atoms with Crippen molar-refractivity contribution in [3.05, 3.63) is 96.4 Å². The van der Waals surface area contributed by atoms with Crippen LogP contribution in [0.3, 0.4) is 0 Å². The van der Waals surface area contributed by atoms with Crippen molar-refractivity contribution in [1.29, 1.82) is 0 Å². The van der Waals surface area contributed by atoms with Gasteiger partial charge in [0.25, 0.3) is 5.56 Å². The van der Waals surface area contributed by atoms with Gasteiger partial charge in [-0.2, -0.15) is 9.78 Å². The molecule has 3 aromatic carbocycles. The number of hydrogen-bond acceptors (Lipinski definition) is 4. The van der Waals surface area contributed by atoms with Gasteiger partial charge < -0.3 is 4.74 Å². The molecule has 4 aromatic rings. The molecule has 36 heavy (non-hydrogen) atoms. The summed E-state index contributed by atoms with van der Waals surface area (Å²) >= 11 is 15.1. The SMILES string of the molecule is CC[C@@H](C)c1nc2ccc(Br)cc2c(=O)n1N=Cc1cc(I)c(OCc2ccc(Br)cc2Br)c(I)c1. The fourth-order valence-electron chi connectivity index (χ4n) is 3.48. The average molecular weight is 900 g/mol. The Morgan fingerprint density at radius 1 is 1.06 bits per heavy atom. The van der Waals surface area contributed by atoms with Crippen LogP contribution in [0.25, 0.3) is 10.9 Å². The summed E-state index contributed by atoms with van der Waals surface area (Å²) in [6, 6.07) is 15.6. The van der Waals surface area contributed by atoms with E-state index in [0.29, 0.717) is 23.3 Å². The van der Waals surface area contributed by atoms with E-state index < -0.39 is 0 Å². The summed E-state index contributed by atoms with van der Waals surface area (Å²) in [6.07, 6.45) is 2.55. The number of hydrogen-bond donors (Lipinski definition) is 0. The number of fused-ring (bicyclic) bond motifs is 1. The van der Waals surface area contributed by atoms with Crippen molar-refractivity contribution in [3.63, 3.8) is 0 Å². The fraction of sp³-hybridized carbons (Fsp3) is 0.192. The Hall–Kier alpha value is -0.830. The van der Waals surface area contributed by atoms with E-state index in [-0.39, 0.29) is 11.5 Å². The van der Waals surface area contributed by atoms with Crippen LogP contribution in [-0.2, 0) is 6.61 Å². The lowest BCUT2D eigenvalue weighted by Gasteiger charge is -2.14. The highest BCUT2D eigenvalue weighted by Gasteiger charge is 2.16. The zero-order valence-corrected chi connectivity index (χ0v) is 28.3. The molecule has 4 rings (SSSR count). The Morgan fingerprint density at radius 3 is 2.39 bits per heavy atom. The van der Waals surface area contributed by atoms with Gasteiger partial charge in [0, 0.05) is 24.9 Å². The molecule has 1 aromatic heterocycles.